The number of carbonyl (C=O) groups is 1. The first-order chi connectivity index (χ1) is 15.9. The Kier molecular flexibility index (Phi) is 6.77. The molecule has 2 aromatic carbocycles. The van der Waals surface area contributed by atoms with E-state index in [9.17, 15) is 9.18 Å². The third kappa shape index (κ3) is 5.42. The van der Waals surface area contributed by atoms with E-state index in [4.69, 9.17) is 14.5 Å². The minimum Gasteiger partial charge on any atom is -0.493 e. The zero-order valence-electron chi connectivity index (χ0n) is 19.1. The Morgan fingerprint density at radius 1 is 1.09 bits per heavy atom. The van der Waals surface area contributed by atoms with E-state index in [0.29, 0.717) is 36.7 Å². The van der Waals surface area contributed by atoms with Gasteiger partial charge in [0.2, 0.25) is 5.91 Å². The second-order valence-corrected chi connectivity index (χ2v) is 8.25. The number of likely N-dealkylation sites (tertiary alicyclic amines) is 1. The Morgan fingerprint density at radius 2 is 1.91 bits per heavy atom. The van der Waals surface area contributed by atoms with Crippen molar-refractivity contribution in [2.75, 3.05) is 32.6 Å². The minimum atomic E-state index is -0.287. The van der Waals surface area contributed by atoms with Gasteiger partial charge in [-0.3, -0.25) is 9.78 Å². The first kappa shape index (κ1) is 22.6. The number of halogens is 1. The molecule has 1 amide bonds. The van der Waals surface area contributed by atoms with E-state index >= 15 is 0 Å². The van der Waals surface area contributed by atoms with Gasteiger partial charge < -0.3 is 19.7 Å². The Morgan fingerprint density at radius 3 is 2.67 bits per heavy atom. The summed E-state index contributed by atoms with van der Waals surface area (Å²) in [5.41, 5.74) is 4.25. The molecule has 1 N–H and O–H groups in total. The highest BCUT2D eigenvalue weighted by Crippen LogP contribution is 2.31. The predicted octanol–water partition coefficient (Wildman–Crippen LogP) is 4.85. The molecule has 33 heavy (non-hydrogen) atoms. The van der Waals surface area contributed by atoms with Crippen LogP contribution in [0.5, 0.6) is 11.5 Å². The van der Waals surface area contributed by atoms with Crippen molar-refractivity contribution >= 4 is 17.3 Å². The molecule has 0 saturated carbocycles. The van der Waals surface area contributed by atoms with Gasteiger partial charge in [0.15, 0.2) is 11.5 Å². The number of amides is 1. The van der Waals surface area contributed by atoms with Crippen molar-refractivity contribution in [3.8, 4) is 11.5 Å². The lowest BCUT2D eigenvalue weighted by Gasteiger charge is -2.18. The van der Waals surface area contributed by atoms with Gasteiger partial charge in [0, 0.05) is 41.8 Å². The monoisotopic (exact) mass is 449 g/mol. The van der Waals surface area contributed by atoms with E-state index in [1.807, 2.05) is 48.2 Å². The van der Waals surface area contributed by atoms with Gasteiger partial charge in [0.05, 0.1) is 20.6 Å². The summed E-state index contributed by atoms with van der Waals surface area (Å²) in [4.78, 5) is 19.5. The highest BCUT2D eigenvalue weighted by atomic mass is 19.1. The lowest BCUT2D eigenvalue weighted by atomic mass is 10.0. The second kappa shape index (κ2) is 9.90. The summed E-state index contributed by atoms with van der Waals surface area (Å²) in [5.74, 6) is 1.21. The summed E-state index contributed by atoms with van der Waals surface area (Å²) in [7, 11) is 3.17. The van der Waals surface area contributed by atoms with Crippen LogP contribution in [0.15, 0.2) is 54.6 Å². The van der Waals surface area contributed by atoms with Crippen LogP contribution in [0.3, 0.4) is 0 Å². The van der Waals surface area contributed by atoms with E-state index in [-0.39, 0.29) is 17.6 Å². The molecule has 0 radical (unpaired) electrons. The van der Waals surface area contributed by atoms with Gasteiger partial charge in [-0.1, -0.05) is 12.1 Å². The molecule has 6 nitrogen and oxygen atoms in total. The van der Waals surface area contributed by atoms with Gasteiger partial charge in [0.25, 0.3) is 0 Å². The van der Waals surface area contributed by atoms with Crippen molar-refractivity contribution in [1.82, 2.24) is 9.88 Å². The molecule has 7 heteroatoms. The minimum absolute atomic E-state index is 0.0792. The van der Waals surface area contributed by atoms with Crippen LogP contribution in [-0.4, -0.2) is 43.1 Å². The van der Waals surface area contributed by atoms with Crippen LogP contribution in [0.1, 0.15) is 29.3 Å². The van der Waals surface area contributed by atoms with Crippen LogP contribution in [0.4, 0.5) is 15.8 Å². The average molecular weight is 450 g/mol. The second-order valence-electron chi connectivity index (χ2n) is 8.25. The summed E-state index contributed by atoms with van der Waals surface area (Å²) < 4.78 is 24.1. The third-order valence-electron chi connectivity index (χ3n) is 5.85. The number of nitrogens with zero attached hydrogens (tertiary/aromatic N) is 2. The van der Waals surface area contributed by atoms with Crippen molar-refractivity contribution in [3.05, 3.63) is 77.4 Å². The van der Waals surface area contributed by atoms with Crippen LogP contribution >= 0.6 is 0 Å². The van der Waals surface area contributed by atoms with Crippen LogP contribution in [-0.2, 0) is 11.2 Å². The van der Waals surface area contributed by atoms with Crippen molar-refractivity contribution < 1.29 is 18.7 Å². The molecule has 0 aliphatic carbocycles. The molecule has 1 aliphatic heterocycles. The van der Waals surface area contributed by atoms with E-state index in [2.05, 4.69) is 5.32 Å². The number of pyridine rings is 1. The fraction of sp³-hybridized carbons (Fsp3) is 0.308. The predicted molar refractivity (Wildman–Crippen MR) is 126 cm³/mol. The highest BCUT2D eigenvalue weighted by Gasteiger charge is 2.28. The molecule has 1 aromatic heterocycles. The van der Waals surface area contributed by atoms with Crippen LogP contribution in [0.2, 0.25) is 0 Å². The van der Waals surface area contributed by atoms with Gasteiger partial charge >= 0.3 is 0 Å². The first-order valence-corrected chi connectivity index (χ1v) is 10.9. The third-order valence-corrected chi connectivity index (χ3v) is 5.85. The van der Waals surface area contributed by atoms with Crippen LogP contribution in [0.25, 0.3) is 0 Å². The molecule has 0 unspecified atom stereocenters. The smallest absolute Gasteiger partial charge is 0.227 e. The fourth-order valence-corrected chi connectivity index (χ4v) is 4.21. The largest absolute Gasteiger partial charge is 0.493 e. The van der Waals surface area contributed by atoms with E-state index in [0.717, 1.165) is 29.1 Å². The number of ether oxygens (including phenoxy) is 2. The Bertz CT molecular complexity index is 1150. The number of carbonyl (C=O) groups excluding carboxylic acids is 1. The highest BCUT2D eigenvalue weighted by molar-refractivity contribution is 5.79. The molecule has 1 fully saturated rings. The van der Waals surface area contributed by atoms with Crippen molar-refractivity contribution in [1.29, 1.82) is 0 Å². The lowest BCUT2D eigenvalue weighted by molar-refractivity contribution is -0.129. The standard InChI is InChI=1S/C26H28FN3O3/c1-17-11-22(29-21-6-4-5-20(27)14-21)15-23(28-17)19-9-10-30(16-19)26(31)13-18-7-8-24(32-2)25(12-18)33-3/h4-8,11-12,14-15,19H,9-10,13,16H2,1-3H3,(H,28,29)/t19-/m1/s1. The summed E-state index contributed by atoms with van der Waals surface area (Å²) in [5, 5.41) is 3.25. The molecule has 0 spiro atoms. The SMILES string of the molecule is COc1ccc(CC(=O)N2CC[C@@H](c3cc(Nc4cccc(F)c4)cc(C)n3)C2)cc1OC. The molecule has 0 bridgehead atoms. The van der Waals surface area contributed by atoms with Gasteiger partial charge in [0.1, 0.15) is 5.82 Å². The Labute approximate surface area is 193 Å². The Hall–Kier alpha value is -3.61. The molecule has 1 saturated heterocycles. The molecule has 1 aliphatic rings. The molecule has 4 rings (SSSR count). The topological polar surface area (TPSA) is 63.7 Å². The number of anilines is 2. The molecular formula is C26H28FN3O3. The van der Waals surface area contributed by atoms with Crippen molar-refractivity contribution in [2.24, 2.45) is 0 Å². The van der Waals surface area contributed by atoms with Crippen molar-refractivity contribution in [3.63, 3.8) is 0 Å². The number of hydrogen-bond donors (Lipinski definition) is 1. The number of aromatic nitrogens is 1. The van der Waals surface area contributed by atoms with Crippen LogP contribution in [0, 0.1) is 12.7 Å². The maximum atomic E-state index is 13.5. The molecule has 2 heterocycles. The zero-order chi connectivity index (χ0) is 23.4. The van der Waals surface area contributed by atoms with Crippen LogP contribution < -0.4 is 14.8 Å². The number of rotatable bonds is 7. The van der Waals surface area contributed by atoms with E-state index in [1.54, 1.807) is 20.3 Å². The van der Waals surface area contributed by atoms with Gasteiger partial charge in [-0.25, -0.2) is 4.39 Å². The molecule has 1 atom stereocenters. The summed E-state index contributed by atoms with van der Waals surface area (Å²) in [6.07, 6.45) is 1.16. The van der Waals surface area contributed by atoms with Gasteiger partial charge in [-0.2, -0.15) is 0 Å². The van der Waals surface area contributed by atoms with Crippen molar-refractivity contribution in [2.45, 2.75) is 25.7 Å². The maximum absolute atomic E-state index is 13.5. The molecule has 172 valence electrons. The first-order valence-electron chi connectivity index (χ1n) is 10.9. The zero-order valence-corrected chi connectivity index (χ0v) is 19.1. The Balaban J connectivity index is 1.43. The normalized spacial score (nSPS) is 15.4. The average Bonchev–Trinajstić information content (AvgIpc) is 3.29. The number of hydrogen-bond acceptors (Lipinski definition) is 5. The summed E-state index contributed by atoms with van der Waals surface area (Å²) in [6, 6.07) is 15.8. The quantitative estimate of drug-likeness (QED) is 0.559. The lowest BCUT2D eigenvalue weighted by Crippen LogP contribution is -2.30. The number of benzene rings is 2. The molecular weight excluding hydrogens is 421 g/mol. The van der Waals surface area contributed by atoms with Gasteiger partial charge in [-0.05, 0) is 61.4 Å². The fourth-order valence-electron chi connectivity index (χ4n) is 4.21. The van der Waals surface area contributed by atoms with E-state index in [1.165, 1.54) is 12.1 Å². The number of nitrogens with one attached hydrogen (secondary N) is 1. The molecule has 3 aromatic rings. The van der Waals surface area contributed by atoms with E-state index < -0.39 is 0 Å². The van der Waals surface area contributed by atoms with Gasteiger partial charge in [-0.15, -0.1) is 0 Å². The summed E-state index contributed by atoms with van der Waals surface area (Å²) in [6.45, 7) is 3.26. The summed E-state index contributed by atoms with van der Waals surface area (Å²) >= 11 is 0. The number of aryl methyl sites for hydroxylation is 1. The number of methoxy groups -OCH3 is 2. The maximum Gasteiger partial charge on any atom is 0.227 e.